The van der Waals surface area contributed by atoms with Crippen LogP contribution in [0.5, 0.6) is 0 Å². The Morgan fingerprint density at radius 2 is 2.05 bits per heavy atom. The molecule has 2 aromatic rings. The lowest BCUT2D eigenvalue weighted by Crippen LogP contribution is -2.28. The molecule has 7 nitrogen and oxygen atoms in total. The highest BCUT2D eigenvalue weighted by Crippen LogP contribution is 2.10. The van der Waals surface area contributed by atoms with Gasteiger partial charge in [0.25, 0.3) is 0 Å². The monoisotopic (exact) mass is 311 g/mol. The zero-order valence-electron chi connectivity index (χ0n) is 10.9. The van der Waals surface area contributed by atoms with E-state index >= 15 is 0 Å². The zero-order chi connectivity index (χ0) is 15.2. The molecule has 2 heterocycles. The largest absolute Gasteiger partial charge is 0.475 e. The number of rotatable bonds is 7. The summed E-state index contributed by atoms with van der Waals surface area (Å²) in [6, 6.07) is 6.14. The van der Waals surface area contributed by atoms with Crippen molar-refractivity contribution in [2.24, 2.45) is 0 Å². The Bertz CT molecular complexity index is 645. The van der Waals surface area contributed by atoms with Crippen LogP contribution in [0, 0.1) is 0 Å². The standard InChI is InChI=1S/C13H13NO6S/c15-12(14-6-9-2-1-5-19-9)8-21(18)7-10-3-4-11(20-10)13(16)17/h1-5H,6-8H2,(H,14,15)(H,16,17). The van der Waals surface area contributed by atoms with Gasteiger partial charge in [-0.25, -0.2) is 4.79 Å². The SMILES string of the molecule is O=C(CS(=O)Cc1ccc(C(=O)O)o1)NCc1ccco1. The number of carbonyl (C=O) groups is 2. The summed E-state index contributed by atoms with van der Waals surface area (Å²) >= 11 is 0. The van der Waals surface area contributed by atoms with Crippen LogP contribution < -0.4 is 5.32 Å². The van der Waals surface area contributed by atoms with Gasteiger partial charge in [0, 0.05) is 10.8 Å². The van der Waals surface area contributed by atoms with Crippen LogP contribution in [-0.2, 0) is 27.9 Å². The average molecular weight is 311 g/mol. The summed E-state index contributed by atoms with van der Waals surface area (Å²) in [6.45, 7) is 0.229. The Morgan fingerprint density at radius 1 is 1.24 bits per heavy atom. The summed E-state index contributed by atoms with van der Waals surface area (Å²) in [6.07, 6.45) is 1.50. The number of carboxylic acids is 1. The van der Waals surface area contributed by atoms with Gasteiger partial charge in [0.1, 0.15) is 17.3 Å². The fourth-order valence-electron chi connectivity index (χ4n) is 1.58. The predicted octanol–water partition coefficient (Wildman–Crippen LogP) is 1.14. The fraction of sp³-hybridized carbons (Fsp3) is 0.231. The molecule has 1 unspecified atom stereocenters. The lowest BCUT2D eigenvalue weighted by molar-refractivity contribution is -0.118. The number of furan rings is 2. The highest BCUT2D eigenvalue weighted by Gasteiger charge is 2.13. The molecule has 8 heteroatoms. The van der Waals surface area contributed by atoms with Crippen LogP contribution in [0.4, 0.5) is 0 Å². The van der Waals surface area contributed by atoms with E-state index in [1.807, 2.05) is 0 Å². The number of nitrogens with one attached hydrogen (secondary N) is 1. The van der Waals surface area contributed by atoms with Crippen LogP contribution in [0.1, 0.15) is 22.1 Å². The molecule has 21 heavy (non-hydrogen) atoms. The minimum absolute atomic E-state index is 0.0124. The summed E-state index contributed by atoms with van der Waals surface area (Å²) in [5, 5.41) is 11.3. The normalized spacial score (nSPS) is 12.0. The van der Waals surface area contributed by atoms with Gasteiger partial charge in [0.05, 0.1) is 18.6 Å². The van der Waals surface area contributed by atoms with Gasteiger partial charge in [-0.3, -0.25) is 9.00 Å². The van der Waals surface area contributed by atoms with Gasteiger partial charge in [-0.1, -0.05) is 0 Å². The second-order valence-electron chi connectivity index (χ2n) is 4.16. The van der Waals surface area contributed by atoms with Gasteiger partial charge in [-0.2, -0.15) is 0 Å². The van der Waals surface area contributed by atoms with Crippen LogP contribution in [0.25, 0.3) is 0 Å². The first kappa shape index (κ1) is 15.0. The van der Waals surface area contributed by atoms with E-state index in [-0.39, 0.29) is 35.5 Å². The topological polar surface area (TPSA) is 110 Å². The summed E-state index contributed by atoms with van der Waals surface area (Å²) in [4.78, 5) is 22.2. The first-order valence-corrected chi connectivity index (χ1v) is 7.49. The van der Waals surface area contributed by atoms with Crippen molar-refractivity contribution in [3.05, 3.63) is 47.8 Å². The van der Waals surface area contributed by atoms with Crippen molar-refractivity contribution in [1.82, 2.24) is 5.32 Å². The molecule has 0 radical (unpaired) electrons. The smallest absolute Gasteiger partial charge is 0.371 e. The average Bonchev–Trinajstić information content (AvgIpc) is 3.06. The molecular formula is C13H13NO6S. The van der Waals surface area contributed by atoms with Crippen molar-refractivity contribution in [3.8, 4) is 0 Å². The Balaban J connectivity index is 1.77. The third-order valence-electron chi connectivity index (χ3n) is 2.51. The van der Waals surface area contributed by atoms with Crippen LogP contribution in [0.3, 0.4) is 0 Å². The number of carboxylic acid groups (broad SMARTS) is 1. The third-order valence-corrected chi connectivity index (χ3v) is 3.70. The van der Waals surface area contributed by atoms with Gasteiger partial charge in [0.15, 0.2) is 0 Å². The van der Waals surface area contributed by atoms with Gasteiger partial charge >= 0.3 is 5.97 Å². The highest BCUT2D eigenvalue weighted by molar-refractivity contribution is 7.84. The summed E-state index contributed by atoms with van der Waals surface area (Å²) < 4.78 is 21.8. The van der Waals surface area contributed by atoms with Crippen molar-refractivity contribution >= 4 is 22.7 Å². The van der Waals surface area contributed by atoms with E-state index in [2.05, 4.69) is 5.32 Å². The Kier molecular flexibility index (Phi) is 4.94. The van der Waals surface area contributed by atoms with E-state index in [0.717, 1.165) is 0 Å². The molecule has 112 valence electrons. The van der Waals surface area contributed by atoms with Crippen molar-refractivity contribution < 1.29 is 27.7 Å². The van der Waals surface area contributed by atoms with Crippen molar-refractivity contribution in [1.29, 1.82) is 0 Å². The molecule has 1 atom stereocenters. The highest BCUT2D eigenvalue weighted by atomic mass is 32.2. The van der Waals surface area contributed by atoms with Gasteiger partial charge in [-0.15, -0.1) is 0 Å². The fourth-order valence-corrected chi connectivity index (χ4v) is 2.55. The van der Waals surface area contributed by atoms with E-state index in [1.165, 1.54) is 18.4 Å². The molecule has 0 saturated heterocycles. The van der Waals surface area contributed by atoms with Gasteiger partial charge in [-0.05, 0) is 24.3 Å². The molecule has 0 saturated carbocycles. The van der Waals surface area contributed by atoms with Crippen molar-refractivity contribution in [2.45, 2.75) is 12.3 Å². The van der Waals surface area contributed by atoms with Crippen LogP contribution in [0.15, 0.2) is 39.4 Å². The molecule has 0 aliphatic rings. The Morgan fingerprint density at radius 3 is 2.67 bits per heavy atom. The van der Waals surface area contributed by atoms with E-state index in [9.17, 15) is 13.8 Å². The Hall–Kier alpha value is -2.35. The first-order chi connectivity index (χ1) is 10.0. The maximum Gasteiger partial charge on any atom is 0.371 e. The molecule has 2 aromatic heterocycles. The quantitative estimate of drug-likeness (QED) is 0.793. The van der Waals surface area contributed by atoms with Crippen molar-refractivity contribution in [3.63, 3.8) is 0 Å². The molecule has 0 aliphatic heterocycles. The van der Waals surface area contributed by atoms with Crippen LogP contribution in [-0.4, -0.2) is 26.9 Å². The molecule has 2 N–H and O–H groups in total. The lowest BCUT2D eigenvalue weighted by atomic mass is 10.4. The molecule has 2 rings (SSSR count). The number of carbonyl (C=O) groups excluding carboxylic acids is 1. The van der Waals surface area contributed by atoms with Crippen LogP contribution in [0.2, 0.25) is 0 Å². The predicted molar refractivity (Wildman–Crippen MR) is 72.9 cm³/mol. The molecular weight excluding hydrogens is 298 g/mol. The van der Waals surface area contributed by atoms with E-state index < -0.39 is 16.8 Å². The number of hydrogen-bond donors (Lipinski definition) is 2. The molecule has 0 aromatic carbocycles. The van der Waals surface area contributed by atoms with Crippen LogP contribution >= 0.6 is 0 Å². The molecule has 0 fully saturated rings. The lowest BCUT2D eigenvalue weighted by Gasteiger charge is -2.02. The minimum Gasteiger partial charge on any atom is -0.475 e. The molecule has 0 spiro atoms. The van der Waals surface area contributed by atoms with Gasteiger partial charge in [0.2, 0.25) is 11.7 Å². The maximum atomic E-state index is 11.8. The van der Waals surface area contributed by atoms with Crippen molar-refractivity contribution in [2.75, 3.05) is 5.75 Å². The second kappa shape index (κ2) is 6.89. The van der Waals surface area contributed by atoms with E-state index in [1.54, 1.807) is 12.1 Å². The van der Waals surface area contributed by atoms with Gasteiger partial charge < -0.3 is 19.3 Å². The maximum absolute atomic E-state index is 11.8. The Labute approximate surface area is 122 Å². The van der Waals surface area contributed by atoms with E-state index in [0.29, 0.717) is 5.76 Å². The first-order valence-electron chi connectivity index (χ1n) is 6.00. The zero-order valence-corrected chi connectivity index (χ0v) is 11.7. The number of hydrogen-bond acceptors (Lipinski definition) is 5. The number of amides is 1. The minimum atomic E-state index is -1.48. The summed E-state index contributed by atoms with van der Waals surface area (Å²) in [5.74, 6) is -1.12. The molecule has 0 bridgehead atoms. The molecule has 0 aliphatic carbocycles. The van der Waals surface area contributed by atoms with E-state index in [4.69, 9.17) is 13.9 Å². The summed E-state index contributed by atoms with van der Waals surface area (Å²) in [7, 11) is -1.48. The second-order valence-corrected chi connectivity index (χ2v) is 5.61. The molecule has 1 amide bonds. The summed E-state index contributed by atoms with van der Waals surface area (Å²) in [5.41, 5.74) is 0. The third kappa shape index (κ3) is 4.60. The number of aromatic carboxylic acids is 1.